The Kier molecular flexibility index (Phi) is 4.52. The Morgan fingerprint density at radius 1 is 1.25 bits per heavy atom. The highest BCUT2D eigenvalue weighted by Crippen LogP contribution is 2.45. The summed E-state index contributed by atoms with van der Waals surface area (Å²) < 4.78 is 22.2. The quantitative estimate of drug-likeness (QED) is 0.726. The highest BCUT2D eigenvalue weighted by atomic mass is 19.1. The molecular formula is C22H21FN4O. The molecule has 4 rings (SSSR count). The van der Waals surface area contributed by atoms with Gasteiger partial charge in [0.05, 0.1) is 18.2 Å². The number of benzene rings is 2. The Hall–Kier alpha value is -3.33. The minimum Gasteiger partial charge on any atom is -0.485 e. The number of imidazole rings is 1. The standard InChI is InChI=1S/C22H21FN4O/c1-22(2)21(20(23)17-12-15(13-24)8-9-18(17)28-22)27(14-19-25-10-11-26-19)16-6-4-3-5-7-16/h3-12,20-21H,14H2,1-2H3,(H,25,26). The fourth-order valence-electron chi connectivity index (χ4n) is 3.84. The molecule has 3 aromatic rings. The smallest absolute Gasteiger partial charge is 0.153 e. The first-order valence-corrected chi connectivity index (χ1v) is 9.16. The van der Waals surface area contributed by atoms with Gasteiger partial charge in [-0.2, -0.15) is 5.26 Å². The fourth-order valence-corrected chi connectivity index (χ4v) is 3.84. The predicted octanol–water partition coefficient (Wildman–Crippen LogP) is 4.54. The van der Waals surface area contributed by atoms with E-state index in [1.54, 1.807) is 30.6 Å². The summed E-state index contributed by atoms with van der Waals surface area (Å²) in [7, 11) is 0. The van der Waals surface area contributed by atoms with Crippen LogP contribution in [0.2, 0.25) is 0 Å². The maximum atomic E-state index is 16.0. The molecule has 0 saturated carbocycles. The normalized spacial score (nSPS) is 19.9. The number of anilines is 1. The van der Waals surface area contributed by atoms with E-state index in [-0.39, 0.29) is 0 Å². The first-order valence-electron chi connectivity index (χ1n) is 9.16. The van der Waals surface area contributed by atoms with Crippen LogP contribution in [0.25, 0.3) is 0 Å². The molecule has 5 nitrogen and oxygen atoms in total. The van der Waals surface area contributed by atoms with Crippen molar-refractivity contribution in [1.29, 1.82) is 5.26 Å². The van der Waals surface area contributed by atoms with Crippen molar-refractivity contribution < 1.29 is 9.13 Å². The molecule has 1 N–H and O–H groups in total. The van der Waals surface area contributed by atoms with Gasteiger partial charge >= 0.3 is 0 Å². The Balaban J connectivity index is 1.80. The largest absolute Gasteiger partial charge is 0.485 e. The molecule has 1 aliphatic heterocycles. The van der Waals surface area contributed by atoms with E-state index in [1.165, 1.54) is 0 Å². The summed E-state index contributed by atoms with van der Waals surface area (Å²) in [6.45, 7) is 4.19. The third-order valence-electron chi connectivity index (χ3n) is 5.10. The summed E-state index contributed by atoms with van der Waals surface area (Å²) in [5, 5.41) is 9.22. The molecule has 1 aromatic heterocycles. The minimum absolute atomic E-state index is 0.405. The molecule has 0 spiro atoms. The van der Waals surface area contributed by atoms with Crippen molar-refractivity contribution in [2.24, 2.45) is 0 Å². The van der Waals surface area contributed by atoms with E-state index in [0.29, 0.717) is 23.4 Å². The van der Waals surface area contributed by atoms with Crippen molar-refractivity contribution in [3.63, 3.8) is 0 Å². The molecule has 0 fully saturated rings. The first kappa shape index (κ1) is 18.1. The molecule has 2 unspecified atom stereocenters. The minimum atomic E-state index is -1.33. The van der Waals surface area contributed by atoms with E-state index in [4.69, 9.17) is 4.74 Å². The molecule has 0 amide bonds. The summed E-state index contributed by atoms with van der Waals surface area (Å²) in [6, 6.07) is 16.1. The van der Waals surface area contributed by atoms with Gasteiger partial charge in [-0.1, -0.05) is 18.2 Å². The number of hydrogen-bond acceptors (Lipinski definition) is 4. The molecule has 2 aromatic carbocycles. The number of nitrogens with one attached hydrogen (secondary N) is 1. The van der Waals surface area contributed by atoms with Gasteiger partial charge in [0.15, 0.2) is 6.17 Å². The zero-order chi connectivity index (χ0) is 19.7. The molecule has 2 heterocycles. The Morgan fingerprint density at radius 3 is 2.71 bits per heavy atom. The molecule has 28 heavy (non-hydrogen) atoms. The van der Waals surface area contributed by atoms with Gasteiger partial charge < -0.3 is 14.6 Å². The molecule has 0 bridgehead atoms. The number of H-pyrrole nitrogens is 1. The highest BCUT2D eigenvalue weighted by molar-refractivity contribution is 5.52. The van der Waals surface area contributed by atoms with Crippen LogP contribution in [0.15, 0.2) is 60.9 Å². The molecule has 2 atom stereocenters. The van der Waals surface area contributed by atoms with Crippen LogP contribution in [0.1, 0.15) is 37.0 Å². The number of hydrogen-bond donors (Lipinski definition) is 1. The lowest BCUT2D eigenvalue weighted by atomic mass is 9.85. The molecule has 142 valence electrons. The van der Waals surface area contributed by atoms with Crippen molar-refractivity contribution in [2.45, 2.75) is 38.2 Å². The molecule has 0 aliphatic carbocycles. The third kappa shape index (κ3) is 3.20. The number of aromatic nitrogens is 2. The van der Waals surface area contributed by atoms with Gasteiger partial charge in [-0.05, 0) is 44.2 Å². The Morgan fingerprint density at radius 2 is 2.04 bits per heavy atom. The average Bonchev–Trinajstić information content (AvgIpc) is 3.20. The number of halogens is 1. The predicted molar refractivity (Wildman–Crippen MR) is 105 cm³/mol. The number of nitrogens with zero attached hydrogens (tertiary/aromatic N) is 3. The summed E-state index contributed by atoms with van der Waals surface area (Å²) in [6.07, 6.45) is 2.10. The number of ether oxygens (including phenoxy) is 1. The molecule has 6 heteroatoms. The van der Waals surface area contributed by atoms with Crippen LogP contribution in [0.5, 0.6) is 5.75 Å². The summed E-state index contributed by atoms with van der Waals surface area (Å²) in [5.74, 6) is 1.22. The second-order valence-corrected chi connectivity index (χ2v) is 7.42. The maximum absolute atomic E-state index is 16.0. The van der Waals surface area contributed by atoms with Gasteiger partial charge in [0.25, 0.3) is 0 Å². The molecule has 1 aliphatic rings. The van der Waals surface area contributed by atoms with Gasteiger partial charge in [0.1, 0.15) is 23.2 Å². The Labute approximate surface area is 163 Å². The lowest BCUT2D eigenvalue weighted by Crippen LogP contribution is -2.57. The van der Waals surface area contributed by atoms with Gasteiger partial charge in [-0.25, -0.2) is 9.37 Å². The topological polar surface area (TPSA) is 64.9 Å². The van der Waals surface area contributed by atoms with E-state index in [1.807, 2.05) is 49.1 Å². The number of fused-ring (bicyclic) bond motifs is 1. The van der Waals surface area contributed by atoms with Gasteiger partial charge in [-0.15, -0.1) is 0 Å². The number of alkyl halides is 1. The van der Waals surface area contributed by atoms with Gasteiger partial charge in [0.2, 0.25) is 0 Å². The summed E-state index contributed by atoms with van der Waals surface area (Å²) in [4.78, 5) is 9.39. The van der Waals surface area contributed by atoms with Crippen molar-refractivity contribution in [3.8, 4) is 11.8 Å². The zero-order valence-corrected chi connectivity index (χ0v) is 15.8. The summed E-state index contributed by atoms with van der Waals surface area (Å²) >= 11 is 0. The van der Waals surface area contributed by atoms with Crippen molar-refractivity contribution >= 4 is 5.69 Å². The molecular weight excluding hydrogens is 355 g/mol. The lowest BCUT2D eigenvalue weighted by Gasteiger charge is -2.48. The van der Waals surface area contributed by atoms with Crippen LogP contribution in [-0.2, 0) is 6.54 Å². The maximum Gasteiger partial charge on any atom is 0.153 e. The SMILES string of the molecule is CC1(C)Oc2ccc(C#N)cc2C(F)C1N(Cc1ncc[nH]1)c1ccccc1. The second kappa shape index (κ2) is 7.01. The van der Waals surface area contributed by atoms with Crippen LogP contribution in [0.3, 0.4) is 0 Å². The van der Waals surface area contributed by atoms with Gasteiger partial charge in [0, 0.05) is 23.6 Å². The number of rotatable bonds is 4. The third-order valence-corrected chi connectivity index (χ3v) is 5.10. The van der Waals surface area contributed by atoms with E-state index in [9.17, 15) is 5.26 Å². The van der Waals surface area contributed by atoms with Crippen molar-refractivity contribution in [2.75, 3.05) is 4.90 Å². The second-order valence-electron chi connectivity index (χ2n) is 7.42. The van der Waals surface area contributed by atoms with Crippen molar-refractivity contribution in [1.82, 2.24) is 9.97 Å². The first-order chi connectivity index (χ1) is 13.5. The van der Waals surface area contributed by atoms with Crippen LogP contribution in [0.4, 0.5) is 10.1 Å². The van der Waals surface area contributed by atoms with E-state index >= 15 is 4.39 Å². The highest BCUT2D eigenvalue weighted by Gasteiger charge is 2.48. The number of aromatic amines is 1. The van der Waals surface area contributed by atoms with Crippen molar-refractivity contribution in [3.05, 3.63) is 77.9 Å². The van der Waals surface area contributed by atoms with Crippen LogP contribution in [-0.4, -0.2) is 21.6 Å². The number of para-hydroxylation sites is 1. The fraction of sp³-hybridized carbons (Fsp3) is 0.273. The van der Waals surface area contributed by atoms with Crippen LogP contribution in [0, 0.1) is 11.3 Å². The lowest BCUT2D eigenvalue weighted by molar-refractivity contribution is 0.0158. The number of nitriles is 1. The average molecular weight is 376 g/mol. The van der Waals surface area contributed by atoms with E-state index < -0.39 is 17.8 Å². The van der Waals surface area contributed by atoms with E-state index in [2.05, 4.69) is 16.0 Å². The Bertz CT molecular complexity index is 995. The summed E-state index contributed by atoms with van der Waals surface area (Å²) in [5.41, 5.74) is 0.899. The zero-order valence-electron chi connectivity index (χ0n) is 15.8. The van der Waals surface area contributed by atoms with Crippen LogP contribution < -0.4 is 9.64 Å². The van der Waals surface area contributed by atoms with Gasteiger partial charge in [-0.3, -0.25) is 0 Å². The van der Waals surface area contributed by atoms with E-state index in [0.717, 1.165) is 11.5 Å². The molecule has 0 saturated heterocycles. The molecule has 0 radical (unpaired) electrons. The van der Waals surface area contributed by atoms with Crippen LogP contribution >= 0.6 is 0 Å². The monoisotopic (exact) mass is 376 g/mol.